The molecule has 2 fully saturated rings. The number of hydrogen-bond acceptors (Lipinski definition) is 4. The van der Waals surface area contributed by atoms with Crippen LogP contribution in [0, 0.1) is 13.8 Å². The number of carbonyl (C=O) groups is 2. The number of piperazine rings is 1. The number of carbonyl (C=O) groups excluding carboxylic acids is 2. The molecule has 1 unspecified atom stereocenters. The van der Waals surface area contributed by atoms with Crippen molar-refractivity contribution < 1.29 is 14.3 Å². The summed E-state index contributed by atoms with van der Waals surface area (Å²) in [5.74, 6) is 0.901. The van der Waals surface area contributed by atoms with Gasteiger partial charge in [0.2, 0.25) is 5.91 Å². The van der Waals surface area contributed by atoms with Gasteiger partial charge in [0.05, 0.1) is 6.04 Å². The van der Waals surface area contributed by atoms with Gasteiger partial charge in [-0.25, -0.2) is 0 Å². The largest absolute Gasteiger partial charge is 0.483 e. The molecule has 3 rings (SSSR count). The van der Waals surface area contributed by atoms with Crippen molar-refractivity contribution in [2.24, 2.45) is 0 Å². The van der Waals surface area contributed by atoms with Crippen LogP contribution in [0.3, 0.4) is 0 Å². The molecule has 0 aromatic heterocycles. The number of hydrogen-bond donors (Lipinski definition) is 1. The van der Waals surface area contributed by atoms with Crippen LogP contribution in [-0.2, 0) is 9.59 Å². The molecule has 2 amide bonds. The third-order valence-electron chi connectivity index (χ3n) is 5.27. The lowest BCUT2D eigenvalue weighted by molar-refractivity contribution is -0.136. The summed E-state index contributed by atoms with van der Waals surface area (Å²) in [5.41, 5.74) is 2.08. The average molecular weight is 359 g/mol. The molecule has 0 spiro atoms. The third-order valence-corrected chi connectivity index (χ3v) is 5.27. The van der Waals surface area contributed by atoms with Gasteiger partial charge >= 0.3 is 0 Å². The first kappa shape index (κ1) is 18.7. The predicted octanol–water partition coefficient (Wildman–Crippen LogP) is 1.49. The molecule has 0 radical (unpaired) electrons. The van der Waals surface area contributed by atoms with E-state index in [0.717, 1.165) is 29.7 Å². The van der Waals surface area contributed by atoms with Gasteiger partial charge in [-0.2, -0.15) is 0 Å². The van der Waals surface area contributed by atoms with E-state index in [1.165, 1.54) is 0 Å². The highest BCUT2D eigenvalue weighted by atomic mass is 16.5. The molecule has 2 aliphatic rings. The molecule has 6 nitrogen and oxygen atoms in total. The lowest BCUT2D eigenvalue weighted by atomic mass is 10.1. The fraction of sp³-hybridized carbons (Fsp3) is 0.600. The maximum Gasteiger partial charge on any atom is 0.260 e. The summed E-state index contributed by atoms with van der Waals surface area (Å²) in [6.45, 7) is 8.68. The monoisotopic (exact) mass is 359 g/mol. The molecule has 1 aromatic carbocycles. The normalized spacial score (nSPS) is 19.1. The standard InChI is InChI=1S/C20H29N3O3/c1-14-5-4-6-15(2)19(14)26-13-18(24)23-11-9-22(10-12-23)16(3)20(25)21-17-7-8-17/h4-6,16-17H,7-13H2,1-3H3,(H,21,25). The van der Waals surface area contributed by atoms with Gasteiger partial charge < -0.3 is 15.0 Å². The van der Waals surface area contributed by atoms with Crippen LogP contribution in [0.1, 0.15) is 30.9 Å². The number of aryl methyl sites for hydroxylation is 2. The first-order valence-corrected chi connectivity index (χ1v) is 9.47. The maximum atomic E-state index is 12.5. The zero-order valence-electron chi connectivity index (χ0n) is 16.0. The van der Waals surface area contributed by atoms with Crippen molar-refractivity contribution in [1.29, 1.82) is 0 Å². The Balaban J connectivity index is 1.45. The SMILES string of the molecule is Cc1cccc(C)c1OCC(=O)N1CCN(C(C)C(=O)NC2CC2)CC1. The highest BCUT2D eigenvalue weighted by molar-refractivity contribution is 5.82. The number of nitrogens with zero attached hydrogens (tertiary/aromatic N) is 2. The highest BCUT2D eigenvalue weighted by Gasteiger charge is 2.30. The van der Waals surface area contributed by atoms with E-state index in [2.05, 4.69) is 10.2 Å². The van der Waals surface area contributed by atoms with Crippen LogP contribution >= 0.6 is 0 Å². The minimum Gasteiger partial charge on any atom is -0.483 e. The Morgan fingerprint density at radius 2 is 1.77 bits per heavy atom. The average Bonchev–Trinajstić information content (AvgIpc) is 3.44. The van der Waals surface area contributed by atoms with E-state index < -0.39 is 0 Å². The summed E-state index contributed by atoms with van der Waals surface area (Å²) in [6, 6.07) is 6.20. The molecule has 142 valence electrons. The Hall–Kier alpha value is -2.08. The van der Waals surface area contributed by atoms with Gasteiger partial charge in [0.1, 0.15) is 5.75 Å². The molecule has 0 bridgehead atoms. The van der Waals surface area contributed by atoms with Crippen molar-refractivity contribution in [3.05, 3.63) is 29.3 Å². The van der Waals surface area contributed by atoms with Gasteiger partial charge in [0, 0.05) is 32.2 Å². The van der Waals surface area contributed by atoms with Crippen molar-refractivity contribution in [2.45, 2.75) is 45.7 Å². The molecule has 1 aliphatic carbocycles. The van der Waals surface area contributed by atoms with Crippen LogP contribution in [-0.4, -0.2) is 66.5 Å². The Bertz CT molecular complexity index is 644. The number of ether oxygens (including phenoxy) is 1. The van der Waals surface area contributed by atoms with Crippen LogP contribution in [0.25, 0.3) is 0 Å². The number of benzene rings is 1. The Labute approximate surface area is 155 Å². The molecule has 6 heteroatoms. The Kier molecular flexibility index (Phi) is 5.81. The molecule has 1 aliphatic heterocycles. The highest BCUT2D eigenvalue weighted by Crippen LogP contribution is 2.22. The first-order chi connectivity index (χ1) is 12.5. The number of amides is 2. The topological polar surface area (TPSA) is 61.9 Å². The summed E-state index contributed by atoms with van der Waals surface area (Å²) in [4.78, 5) is 28.6. The van der Waals surface area contributed by atoms with E-state index >= 15 is 0 Å². The second-order valence-electron chi connectivity index (χ2n) is 7.39. The van der Waals surface area contributed by atoms with E-state index in [9.17, 15) is 9.59 Å². The fourth-order valence-electron chi connectivity index (χ4n) is 3.33. The van der Waals surface area contributed by atoms with E-state index in [1.54, 1.807) is 0 Å². The van der Waals surface area contributed by atoms with Gasteiger partial charge in [0.25, 0.3) is 5.91 Å². The smallest absolute Gasteiger partial charge is 0.260 e. The van der Waals surface area contributed by atoms with Gasteiger partial charge in [-0.15, -0.1) is 0 Å². The molecule has 1 heterocycles. The van der Waals surface area contributed by atoms with E-state index in [-0.39, 0.29) is 24.5 Å². The van der Waals surface area contributed by atoms with Crippen LogP contribution in [0.15, 0.2) is 18.2 Å². The number of para-hydroxylation sites is 1. The predicted molar refractivity (Wildman–Crippen MR) is 100 cm³/mol. The zero-order chi connectivity index (χ0) is 18.7. The van der Waals surface area contributed by atoms with Crippen LogP contribution in [0.4, 0.5) is 0 Å². The Morgan fingerprint density at radius 1 is 1.15 bits per heavy atom. The van der Waals surface area contributed by atoms with E-state index in [1.807, 2.05) is 43.9 Å². The van der Waals surface area contributed by atoms with Crippen molar-refractivity contribution >= 4 is 11.8 Å². The van der Waals surface area contributed by atoms with Crippen LogP contribution in [0.5, 0.6) is 5.75 Å². The van der Waals surface area contributed by atoms with Crippen molar-refractivity contribution in [1.82, 2.24) is 15.1 Å². The summed E-state index contributed by atoms with van der Waals surface area (Å²) >= 11 is 0. The third kappa shape index (κ3) is 4.55. The van der Waals surface area contributed by atoms with Crippen LogP contribution in [0.2, 0.25) is 0 Å². The first-order valence-electron chi connectivity index (χ1n) is 9.47. The number of nitrogens with one attached hydrogen (secondary N) is 1. The zero-order valence-corrected chi connectivity index (χ0v) is 16.0. The van der Waals surface area contributed by atoms with E-state index in [0.29, 0.717) is 32.2 Å². The van der Waals surface area contributed by atoms with Crippen molar-refractivity contribution in [3.63, 3.8) is 0 Å². The quantitative estimate of drug-likeness (QED) is 0.836. The molecule has 1 saturated heterocycles. The second-order valence-corrected chi connectivity index (χ2v) is 7.39. The minimum atomic E-state index is -0.140. The van der Waals surface area contributed by atoms with E-state index in [4.69, 9.17) is 4.74 Å². The van der Waals surface area contributed by atoms with Gasteiger partial charge in [-0.1, -0.05) is 18.2 Å². The summed E-state index contributed by atoms with van der Waals surface area (Å²) in [7, 11) is 0. The maximum absolute atomic E-state index is 12.5. The van der Waals surface area contributed by atoms with Crippen molar-refractivity contribution in [3.8, 4) is 5.75 Å². The lowest BCUT2D eigenvalue weighted by Crippen LogP contribution is -2.55. The Morgan fingerprint density at radius 3 is 2.35 bits per heavy atom. The van der Waals surface area contributed by atoms with Crippen molar-refractivity contribution in [2.75, 3.05) is 32.8 Å². The van der Waals surface area contributed by atoms with Gasteiger partial charge in [0.15, 0.2) is 6.61 Å². The lowest BCUT2D eigenvalue weighted by Gasteiger charge is -2.37. The molecular formula is C20H29N3O3. The molecule has 1 saturated carbocycles. The number of rotatable bonds is 6. The summed E-state index contributed by atoms with van der Waals surface area (Å²) in [5, 5.41) is 3.05. The minimum absolute atomic E-state index is 0.00221. The van der Waals surface area contributed by atoms with Gasteiger partial charge in [-0.05, 0) is 44.7 Å². The molecule has 1 N–H and O–H groups in total. The molecule has 26 heavy (non-hydrogen) atoms. The summed E-state index contributed by atoms with van der Waals surface area (Å²) in [6.07, 6.45) is 2.20. The molecular weight excluding hydrogens is 330 g/mol. The second kappa shape index (κ2) is 8.08. The molecule has 1 atom stereocenters. The summed E-state index contributed by atoms with van der Waals surface area (Å²) < 4.78 is 5.78. The van der Waals surface area contributed by atoms with Gasteiger partial charge in [-0.3, -0.25) is 14.5 Å². The van der Waals surface area contributed by atoms with Crippen LogP contribution < -0.4 is 10.1 Å². The molecule has 1 aromatic rings. The fourth-order valence-corrected chi connectivity index (χ4v) is 3.33.